The molecule has 0 amide bonds. The molecular weight excluding hydrogens is 234 g/mol. The number of thiophene rings is 1. The van der Waals surface area contributed by atoms with Crippen molar-refractivity contribution in [2.75, 3.05) is 13.6 Å². The minimum absolute atomic E-state index is 0.195. The molecule has 0 aromatic carbocycles. The van der Waals surface area contributed by atoms with Gasteiger partial charge in [0.1, 0.15) is 0 Å². The maximum atomic E-state index is 10.5. The zero-order valence-electron chi connectivity index (χ0n) is 8.36. The number of hydrogen-bond donors (Lipinski definition) is 1. The van der Waals surface area contributed by atoms with Gasteiger partial charge in [0.15, 0.2) is 0 Å². The van der Waals surface area contributed by atoms with Gasteiger partial charge in [0.2, 0.25) is 0 Å². The smallest absolute Gasteiger partial charge is 0.332 e. The summed E-state index contributed by atoms with van der Waals surface area (Å²) < 4.78 is 0.746. The molecule has 1 N–H and O–H groups in total. The number of rotatable bonds is 5. The van der Waals surface area contributed by atoms with Crippen LogP contribution < -0.4 is 0 Å². The molecule has 0 aliphatic heterocycles. The van der Waals surface area contributed by atoms with Gasteiger partial charge in [-0.15, -0.1) is 11.3 Å². The standard InChI is InChI=1S/C10H12ClNO2S/c1-7(10(13)14)5-12(2)6-8-3-4-9(11)15-8/h3-4H,1,5-6H2,2H3,(H,13,14). The molecule has 0 saturated carbocycles. The minimum atomic E-state index is -0.953. The van der Waals surface area contributed by atoms with E-state index in [0.717, 1.165) is 9.21 Å². The lowest BCUT2D eigenvalue weighted by Crippen LogP contribution is -2.22. The molecular formula is C10H12ClNO2S. The zero-order chi connectivity index (χ0) is 11.4. The third kappa shape index (κ3) is 4.03. The molecule has 1 aromatic heterocycles. The van der Waals surface area contributed by atoms with Crippen LogP contribution in [0.25, 0.3) is 0 Å². The van der Waals surface area contributed by atoms with Gasteiger partial charge in [0.25, 0.3) is 0 Å². The van der Waals surface area contributed by atoms with E-state index in [1.165, 1.54) is 11.3 Å². The molecule has 5 heteroatoms. The molecule has 0 fully saturated rings. The maximum absolute atomic E-state index is 10.5. The number of aliphatic carboxylic acids is 1. The Kier molecular flexibility index (Phi) is 4.32. The molecule has 1 aromatic rings. The lowest BCUT2D eigenvalue weighted by atomic mass is 10.3. The van der Waals surface area contributed by atoms with Crippen molar-refractivity contribution in [2.24, 2.45) is 0 Å². The fraction of sp³-hybridized carbons (Fsp3) is 0.300. The molecule has 0 radical (unpaired) electrons. The molecule has 3 nitrogen and oxygen atoms in total. The number of likely N-dealkylation sites (N-methyl/N-ethyl adjacent to an activating group) is 1. The third-order valence-corrected chi connectivity index (χ3v) is 3.03. The summed E-state index contributed by atoms with van der Waals surface area (Å²) >= 11 is 7.29. The highest BCUT2D eigenvalue weighted by Crippen LogP contribution is 2.22. The first-order valence-corrected chi connectivity index (χ1v) is 5.52. The van der Waals surface area contributed by atoms with Crippen LogP contribution in [0.3, 0.4) is 0 Å². The summed E-state index contributed by atoms with van der Waals surface area (Å²) in [5.41, 5.74) is 0.195. The molecule has 1 rings (SSSR count). The maximum Gasteiger partial charge on any atom is 0.332 e. The van der Waals surface area contributed by atoms with Crippen molar-refractivity contribution in [2.45, 2.75) is 6.54 Å². The van der Waals surface area contributed by atoms with Crippen LogP contribution in [0.5, 0.6) is 0 Å². The number of nitrogens with zero attached hydrogens (tertiary/aromatic N) is 1. The fourth-order valence-electron chi connectivity index (χ4n) is 1.15. The number of carboxylic acids is 1. The average molecular weight is 246 g/mol. The Morgan fingerprint density at radius 3 is 2.80 bits per heavy atom. The summed E-state index contributed by atoms with van der Waals surface area (Å²) in [6, 6.07) is 3.77. The van der Waals surface area contributed by atoms with Gasteiger partial charge in [-0.2, -0.15) is 0 Å². The van der Waals surface area contributed by atoms with E-state index >= 15 is 0 Å². The molecule has 0 aliphatic carbocycles. The Balaban J connectivity index is 2.46. The highest BCUT2D eigenvalue weighted by molar-refractivity contribution is 7.16. The second-order valence-corrected chi connectivity index (χ2v) is 5.09. The van der Waals surface area contributed by atoms with Gasteiger partial charge in [-0.05, 0) is 19.2 Å². The zero-order valence-corrected chi connectivity index (χ0v) is 9.94. The molecule has 15 heavy (non-hydrogen) atoms. The van der Waals surface area contributed by atoms with Crippen LogP contribution in [0.1, 0.15) is 4.88 Å². The summed E-state index contributed by atoms with van der Waals surface area (Å²) in [4.78, 5) is 13.5. The van der Waals surface area contributed by atoms with Gasteiger partial charge in [-0.25, -0.2) is 4.79 Å². The van der Waals surface area contributed by atoms with Crippen molar-refractivity contribution < 1.29 is 9.90 Å². The first-order valence-electron chi connectivity index (χ1n) is 4.33. The fourth-order valence-corrected chi connectivity index (χ4v) is 2.32. The van der Waals surface area contributed by atoms with Gasteiger partial charge in [-0.3, -0.25) is 4.90 Å². The molecule has 0 unspecified atom stereocenters. The van der Waals surface area contributed by atoms with E-state index in [0.29, 0.717) is 13.1 Å². The number of hydrogen-bond acceptors (Lipinski definition) is 3. The van der Waals surface area contributed by atoms with Crippen LogP contribution in [0.15, 0.2) is 24.3 Å². The SMILES string of the molecule is C=C(CN(C)Cc1ccc(Cl)s1)C(=O)O. The van der Waals surface area contributed by atoms with Crippen LogP contribution in [-0.2, 0) is 11.3 Å². The largest absolute Gasteiger partial charge is 0.478 e. The van der Waals surface area contributed by atoms with E-state index in [-0.39, 0.29) is 5.57 Å². The monoisotopic (exact) mass is 245 g/mol. The summed E-state index contributed by atoms with van der Waals surface area (Å²) in [5.74, 6) is -0.953. The van der Waals surface area contributed by atoms with Gasteiger partial charge in [0, 0.05) is 23.5 Å². The van der Waals surface area contributed by atoms with Gasteiger partial charge >= 0.3 is 5.97 Å². The van der Waals surface area contributed by atoms with Crippen molar-refractivity contribution >= 4 is 28.9 Å². The first kappa shape index (κ1) is 12.2. The molecule has 0 bridgehead atoms. The highest BCUT2D eigenvalue weighted by Gasteiger charge is 2.08. The van der Waals surface area contributed by atoms with Crippen LogP contribution in [0.4, 0.5) is 0 Å². The van der Waals surface area contributed by atoms with Crippen molar-refractivity contribution in [3.8, 4) is 0 Å². The summed E-state index contributed by atoms with van der Waals surface area (Å²) in [7, 11) is 1.85. The number of carbonyl (C=O) groups is 1. The lowest BCUT2D eigenvalue weighted by Gasteiger charge is -2.14. The predicted molar refractivity (Wildman–Crippen MR) is 62.4 cm³/mol. The quantitative estimate of drug-likeness (QED) is 0.811. The van der Waals surface area contributed by atoms with Crippen molar-refractivity contribution in [3.63, 3.8) is 0 Å². The summed E-state index contributed by atoms with van der Waals surface area (Å²) in [6.07, 6.45) is 0. The van der Waals surface area contributed by atoms with Crippen molar-refractivity contribution in [1.82, 2.24) is 4.90 Å². The van der Waals surface area contributed by atoms with Crippen LogP contribution in [0, 0.1) is 0 Å². The third-order valence-electron chi connectivity index (χ3n) is 1.82. The second kappa shape index (κ2) is 5.30. The molecule has 0 saturated heterocycles. The van der Waals surface area contributed by atoms with Crippen molar-refractivity contribution in [3.05, 3.63) is 33.5 Å². The Morgan fingerprint density at radius 1 is 1.67 bits per heavy atom. The molecule has 0 spiro atoms. The average Bonchev–Trinajstić information content (AvgIpc) is 2.50. The van der Waals surface area contributed by atoms with Crippen LogP contribution in [-0.4, -0.2) is 29.6 Å². The molecule has 1 heterocycles. The molecule has 82 valence electrons. The lowest BCUT2D eigenvalue weighted by molar-refractivity contribution is -0.132. The van der Waals surface area contributed by atoms with E-state index in [9.17, 15) is 4.79 Å². The Morgan fingerprint density at radius 2 is 2.33 bits per heavy atom. The minimum Gasteiger partial charge on any atom is -0.478 e. The number of halogens is 1. The van der Waals surface area contributed by atoms with Crippen LogP contribution in [0.2, 0.25) is 4.34 Å². The summed E-state index contributed by atoms with van der Waals surface area (Å²) in [5, 5.41) is 8.66. The van der Waals surface area contributed by atoms with E-state index in [2.05, 4.69) is 6.58 Å². The van der Waals surface area contributed by atoms with E-state index in [4.69, 9.17) is 16.7 Å². The van der Waals surface area contributed by atoms with Gasteiger partial charge < -0.3 is 5.11 Å². The first-order chi connectivity index (χ1) is 6.99. The summed E-state index contributed by atoms with van der Waals surface area (Å²) in [6.45, 7) is 4.51. The molecule has 0 aliphatic rings. The van der Waals surface area contributed by atoms with Crippen molar-refractivity contribution in [1.29, 1.82) is 0 Å². The predicted octanol–water partition coefficient (Wildman–Crippen LogP) is 2.47. The normalized spacial score (nSPS) is 10.6. The van der Waals surface area contributed by atoms with E-state index in [1.807, 2.05) is 24.1 Å². The number of carboxylic acid groups (broad SMARTS) is 1. The second-order valence-electron chi connectivity index (χ2n) is 3.29. The van der Waals surface area contributed by atoms with Gasteiger partial charge in [0.05, 0.1) is 4.34 Å². The van der Waals surface area contributed by atoms with Gasteiger partial charge in [-0.1, -0.05) is 18.2 Å². The topological polar surface area (TPSA) is 40.5 Å². The Hall–Kier alpha value is -0.840. The Labute approximate surface area is 97.6 Å². The Bertz CT molecular complexity index is 375. The molecule has 0 atom stereocenters. The van der Waals surface area contributed by atoms with Crippen LogP contribution >= 0.6 is 22.9 Å². The van der Waals surface area contributed by atoms with E-state index < -0.39 is 5.97 Å². The highest BCUT2D eigenvalue weighted by atomic mass is 35.5. The van der Waals surface area contributed by atoms with E-state index in [1.54, 1.807) is 0 Å².